The fourth-order valence-electron chi connectivity index (χ4n) is 4.46. The fourth-order valence-corrected chi connectivity index (χ4v) is 4.46. The molecule has 4 rings (SSSR count). The summed E-state index contributed by atoms with van der Waals surface area (Å²) in [6, 6.07) is 18.2. The van der Waals surface area contributed by atoms with E-state index in [9.17, 15) is 4.79 Å². The molecule has 1 unspecified atom stereocenters. The Morgan fingerprint density at radius 1 is 1.17 bits per heavy atom. The first-order chi connectivity index (χ1) is 11.7. The molecule has 0 N–H and O–H groups in total. The molecule has 1 fully saturated rings. The lowest BCUT2D eigenvalue weighted by molar-refractivity contribution is -0.159. The van der Waals surface area contributed by atoms with E-state index in [1.165, 1.54) is 7.11 Å². The van der Waals surface area contributed by atoms with Crippen molar-refractivity contribution in [1.82, 2.24) is 4.90 Å². The summed E-state index contributed by atoms with van der Waals surface area (Å²) in [6.07, 6.45) is 0. The van der Waals surface area contributed by atoms with Crippen LogP contribution in [-0.4, -0.2) is 38.2 Å². The Bertz CT molecular complexity index is 760. The number of nitrogens with zero attached hydrogens (tertiary/aromatic N) is 1. The van der Waals surface area contributed by atoms with Crippen LogP contribution in [0.15, 0.2) is 54.6 Å². The number of likely N-dealkylation sites (N-methyl/N-ethyl adjacent to an activating group) is 1. The van der Waals surface area contributed by atoms with Crippen LogP contribution < -0.4 is 4.74 Å². The molecule has 0 bridgehead atoms. The van der Waals surface area contributed by atoms with Gasteiger partial charge in [-0.25, -0.2) is 0 Å². The number of rotatable bonds is 2. The molecule has 2 aromatic rings. The number of hydrogen-bond donors (Lipinski definition) is 0. The molecular weight excluding hydrogens is 302 g/mol. The zero-order valence-electron chi connectivity index (χ0n) is 13.9. The van der Waals surface area contributed by atoms with E-state index in [1.807, 2.05) is 36.4 Å². The first-order valence-corrected chi connectivity index (χ1v) is 8.24. The Labute approximate surface area is 142 Å². The third-order valence-corrected chi connectivity index (χ3v) is 5.47. The van der Waals surface area contributed by atoms with Gasteiger partial charge in [0.1, 0.15) is 17.8 Å². The van der Waals surface area contributed by atoms with E-state index >= 15 is 0 Å². The number of hydrogen-bond acceptors (Lipinski definition) is 4. The second-order valence-electron chi connectivity index (χ2n) is 6.66. The number of likely N-dealkylation sites (tertiary alicyclic amines) is 1. The number of esters is 1. The highest BCUT2D eigenvalue weighted by molar-refractivity contribution is 5.81. The average molecular weight is 323 g/mol. The standard InChI is InChI=1S/C20H21NO3/c1-21-12-16(14-8-4-3-5-9-14)20(19(22)23-2)13-24-17-11-7-6-10-15(17)18(20)21/h3-11,16,18H,12-13H2,1-2H3/t16?,18-,20+/m1/s1. The zero-order valence-corrected chi connectivity index (χ0v) is 13.9. The van der Waals surface area contributed by atoms with Crippen LogP contribution in [-0.2, 0) is 9.53 Å². The molecule has 4 heteroatoms. The van der Waals surface area contributed by atoms with E-state index in [4.69, 9.17) is 9.47 Å². The van der Waals surface area contributed by atoms with Gasteiger partial charge in [0.15, 0.2) is 0 Å². The summed E-state index contributed by atoms with van der Waals surface area (Å²) in [4.78, 5) is 15.2. The zero-order chi connectivity index (χ0) is 16.7. The maximum atomic E-state index is 13.0. The van der Waals surface area contributed by atoms with E-state index in [0.717, 1.165) is 23.4 Å². The van der Waals surface area contributed by atoms with E-state index in [2.05, 4.69) is 30.1 Å². The van der Waals surface area contributed by atoms with Gasteiger partial charge in [-0.3, -0.25) is 9.69 Å². The van der Waals surface area contributed by atoms with Gasteiger partial charge in [-0.2, -0.15) is 0 Å². The highest BCUT2D eigenvalue weighted by Gasteiger charge is 2.62. The van der Waals surface area contributed by atoms with Gasteiger partial charge >= 0.3 is 5.97 Å². The van der Waals surface area contributed by atoms with Gasteiger partial charge in [0.05, 0.1) is 13.2 Å². The summed E-state index contributed by atoms with van der Waals surface area (Å²) in [5.41, 5.74) is 1.49. The predicted octanol–water partition coefficient (Wildman–Crippen LogP) is 3.01. The number of fused-ring (bicyclic) bond motifs is 3. The van der Waals surface area contributed by atoms with Crippen molar-refractivity contribution < 1.29 is 14.3 Å². The highest BCUT2D eigenvalue weighted by atomic mass is 16.5. The summed E-state index contributed by atoms with van der Waals surface area (Å²) in [7, 11) is 3.54. The first kappa shape index (κ1) is 15.2. The lowest BCUT2D eigenvalue weighted by Gasteiger charge is -2.42. The number of para-hydroxylation sites is 1. The molecule has 0 aromatic heterocycles. The number of carbonyl (C=O) groups excluding carboxylic acids is 1. The van der Waals surface area contributed by atoms with Gasteiger partial charge in [-0.05, 0) is 18.7 Å². The van der Waals surface area contributed by atoms with Crippen molar-refractivity contribution in [1.29, 1.82) is 0 Å². The molecule has 0 saturated carbocycles. The average Bonchev–Trinajstić information content (AvgIpc) is 2.96. The van der Waals surface area contributed by atoms with E-state index in [-0.39, 0.29) is 17.9 Å². The molecule has 0 radical (unpaired) electrons. The molecule has 2 heterocycles. The molecular formula is C20H21NO3. The van der Waals surface area contributed by atoms with Crippen LogP contribution in [0, 0.1) is 5.41 Å². The topological polar surface area (TPSA) is 38.8 Å². The van der Waals surface area contributed by atoms with Crippen molar-refractivity contribution in [2.75, 3.05) is 27.3 Å². The molecule has 3 atom stereocenters. The lowest BCUT2D eigenvalue weighted by Crippen LogP contribution is -2.48. The highest BCUT2D eigenvalue weighted by Crippen LogP contribution is 2.58. The van der Waals surface area contributed by atoms with Gasteiger partial charge < -0.3 is 9.47 Å². The Morgan fingerprint density at radius 2 is 1.88 bits per heavy atom. The molecule has 2 aliphatic rings. The van der Waals surface area contributed by atoms with Crippen LogP contribution in [0.1, 0.15) is 23.1 Å². The third-order valence-electron chi connectivity index (χ3n) is 5.47. The van der Waals surface area contributed by atoms with E-state index in [1.54, 1.807) is 0 Å². The minimum atomic E-state index is -0.723. The maximum Gasteiger partial charge on any atom is 0.317 e. The van der Waals surface area contributed by atoms with Crippen LogP contribution in [0.2, 0.25) is 0 Å². The molecule has 2 aliphatic heterocycles. The van der Waals surface area contributed by atoms with Gasteiger partial charge in [0.2, 0.25) is 0 Å². The smallest absolute Gasteiger partial charge is 0.317 e. The monoisotopic (exact) mass is 323 g/mol. The van der Waals surface area contributed by atoms with Crippen molar-refractivity contribution in [2.45, 2.75) is 12.0 Å². The van der Waals surface area contributed by atoms with Gasteiger partial charge in [0.25, 0.3) is 0 Å². The molecule has 24 heavy (non-hydrogen) atoms. The lowest BCUT2D eigenvalue weighted by atomic mass is 9.68. The van der Waals surface area contributed by atoms with Crippen LogP contribution in [0.3, 0.4) is 0 Å². The Hall–Kier alpha value is -2.33. The van der Waals surface area contributed by atoms with E-state index < -0.39 is 5.41 Å². The molecule has 1 saturated heterocycles. The molecule has 124 valence electrons. The molecule has 0 amide bonds. The minimum absolute atomic E-state index is 0.0366. The maximum absolute atomic E-state index is 13.0. The van der Waals surface area contributed by atoms with Crippen molar-refractivity contribution in [3.05, 3.63) is 65.7 Å². The Morgan fingerprint density at radius 3 is 2.62 bits per heavy atom. The van der Waals surface area contributed by atoms with Crippen molar-refractivity contribution >= 4 is 5.97 Å². The number of benzene rings is 2. The predicted molar refractivity (Wildman–Crippen MR) is 90.9 cm³/mol. The third kappa shape index (κ3) is 1.99. The van der Waals surface area contributed by atoms with E-state index in [0.29, 0.717) is 6.61 Å². The first-order valence-electron chi connectivity index (χ1n) is 8.24. The van der Waals surface area contributed by atoms with Crippen LogP contribution >= 0.6 is 0 Å². The largest absolute Gasteiger partial charge is 0.492 e. The Kier molecular flexibility index (Phi) is 3.57. The molecule has 0 spiro atoms. The minimum Gasteiger partial charge on any atom is -0.492 e. The SMILES string of the molecule is COC(=O)[C@]12COc3ccccc3[C@H]1N(C)CC2c1ccccc1. The van der Waals surface area contributed by atoms with Gasteiger partial charge in [0, 0.05) is 18.0 Å². The molecule has 4 nitrogen and oxygen atoms in total. The van der Waals surface area contributed by atoms with Crippen molar-refractivity contribution in [2.24, 2.45) is 5.41 Å². The number of ether oxygens (including phenoxy) is 2. The van der Waals surface area contributed by atoms with Crippen molar-refractivity contribution in [3.63, 3.8) is 0 Å². The van der Waals surface area contributed by atoms with Crippen LogP contribution in [0.25, 0.3) is 0 Å². The number of methoxy groups -OCH3 is 1. The van der Waals surface area contributed by atoms with Gasteiger partial charge in [-0.15, -0.1) is 0 Å². The molecule has 2 aromatic carbocycles. The summed E-state index contributed by atoms with van der Waals surface area (Å²) in [5.74, 6) is 0.706. The quantitative estimate of drug-likeness (QED) is 0.797. The van der Waals surface area contributed by atoms with Gasteiger partial charge in [-0.1, -0.05) is 48.5 Å². The summed E-state index contributed by atoms with van der Waals surface area (Å²) >= 11 is 0. The fraction of sp³-hybridized carbons (Fsp3) is 0.350. The van der Waals surface area contributed by atoms with Crippen LogP contribution in [0.4, 0.5) is 0 Å². The second-order valence-corrected chi connectivity index (χ2v) is 6.66. The normalized spacial score (nSPS) is 28.6. The summed E-state index contributed by atoms with van der Waals surface area (Å²) in [5, 5.41) is 0. The Balaban J connectivity index is 1.90. The van der Waals surface area contributed by atoms with Crippen molar-refractivity contribution in [3.8, 4) is 5.75 Å². The molecule has 0 aliphatic carbocycles. The summed E-state index contributed by atoms with van der Waals surface area (Å²) < 4.78 is 11.3. The number of carbonyl (C=O) groups is 1. The van der Waals surface area contributed by atoms with Crippen LogP contribution in [0.5, 0.6) is 5.75 Å². The second kappa shape index (κ2) is 5.64. The summed E-state index contributed by atoms with van der Waals surface area (Å²) in [6.45, 7) is 1.13.